The van der Waals surface area contributed by atoms with Gasteiger partial charge in [0.1, 0.15) is 0 Å². The fourth-order valence-corrected chi connectivity index (χ4v) is 1.80. The average Bonchev–Trinajstić information content (AvgIpc) is 2.46. The van der Waals surface area contributed by atoms with Gasteiger partial charge in [-0.05, 0) is 18.2 Å². The number of nitrogens with zero attached hydrogens (tertiary/aromatic N) is 3. The Labute approximate surface area is 117 Å². The van der Waals surface area contributed by atoms with Crippen molar-refractivity contribution < 1.29 is 14.6 Å². The van der Waals surface area contributed by atoms with Crippen LogP contribution in [0.25, 0.3) is 11.3 Å². The van der Waals surface area contributed by atoms with Gasteiger partial charge in [-0.2, -0.15) is 0 Å². The summed E-state index contributed by atoms with van der Waals surface area (Å²) in [5.41, 5.74) is 4.23. The number of nitrogens with two attached hydrogens (primary N) is 1. The highest BCUT2D eigenvalue weighted by Gasteiger charge is 2.24. The molecule has 9 heteroatoms. The molecule has 0 aliphatic heterocycles. The van der Waals surface area contributed by atoms with E-state index >= 15 is 0 Å². The third-order valence-electron chi connectivity index (χ3n) is 2.72. The third-order valence-corrected chi connectivity index (χ3v) is 2.72. The van der Waals surface area contributed by atoms with Gasteiger partial charge in [-0.25, -0.2) is 0 Å². The Morgan fingerprint density at radius 2 is 1.86 bits per heavy atom. The van der Waals surface area contributed by atoms with Crippen LogP contribution in [-0.2, 0) is 0 Å². The molecule has 0 saturated carbocycles. The number of aromatic nitrogens is 1. The van der Waals surface area contributed by atoms with Crippen molar-refractivity contribution in [2.24, 2.45) is 5.73 Å². The van der Waals surface area contributed by atoms with E-state index in [1.807, 2.05) is 0 Å². The van der Waals surface area contributed by atoms with Crippen molar-refractivity contribution in [3.05, 3.63) is 62.3 Å². The molecule has 0 fully saturated rings. The minimum atomic E-state index is -0.800. The van der Waals surface area contributed by atoms with Crippen LogP contribution in [-0.4, -0.2) is 20.7 Å². The van der Waals surface area contributed by atoms with E-state index < -0.39 is 27.1 Å². The first-order valence-corrected chi connectivity index (χ1v) is 5.60. The molecule has 21 heavy (non-hydrogen) atoms. The van der Waals surface area contributed by atoms with E-state index in [9.17, 15) is 25.0 Å². The molecular formula is C12H8N4O5. The standard InChI is InChI=1S/C12H8N4O5/c13-12(17)9-2-1-5-14-11(9)8-4-3-7(15(18)19)6-10(8)16(20)21/h1-6H,(H2,13,17). The fraction of sp³-hybridized carbons (Fsp3) is 0. The number of primary amides is 1. The molecule has 1 heterocycles. The second-order valence-electron chi connectivity index (χ2n) is 3.98. The number of rotatable bonds is 4. The van der Waals surface area contributed by atoms with Gasteiger partial charge in [0.15, 0.2) is 0 Å². The normalized spacial score (nSPS) is 10.1. The molecule has 0 bridgehead atoms. The number of benzene rings is 1. The molecule has 1 aromatic heterocycles. The van der Waals surface area contributed by atoms with Crippen LogP contribution in [0, 0.1) is 20.2 Å². The summed E-state index contributed by atoms with van der Waals surface area (Å²) >= 11 is 0. The first-order chi connectivity index (χ1) is 9.91. The molecule has 9 nitrogen and oxygen atoms in total. The number of non-ortho nitro benzene ring substituents is 1. The average molecular weight is 288 g/mol. The van der Waals surface area contributed by atoms with E-state index in [-0.39, 0.29) is 16.8 Å². The van der Waals surface area contributed by atoms with Crippen molar-refractivity contribution in [2.75, 3.05) is 0 Å². The highest BCUT2D eigenvalue weighted by atomic mass is 16.6. The topological polar surface area (TPSA) is 142 Å². The maximum atomic E-state index is 11.4. The first kappa shape index (κ1) is 14.1. The summed E-state index contributed by atoms with van der Waals surface area (Å²) in [5, 5.41) is 21.8. The van der Waals surface area contributed by atoms with E-state index in [1.165, 1.54) is 24.4 Å². The summed E-state index contributed by atoms with van der Waals surface area (Å²) in [5.74, 6) is -0.800. The first-order valence-electron chi connectivity index (χ1n) is 5.60. The van der Waals surface area contributed by atoms with Gasteiger partial charge in [0, 0.05) is 12.3 Å². The summed E-state index contributed by atoms with van der Waals surface area (Å²) in [6, 6.07) is 5.91. The Bertz CT molecular complexity index is 759. The SMILES string of the molecule is NC(=O)c1cccnc1-c1ccc([N+](=O)[O-])cc1[N+](=O)[O-]. The summed E-state index contributed by atoms with van der Waals surface area (Å²) in [6.45, 7) is 0. The van der Waals surface area contributed by atoms with E-state index in [0.29, 0.717) is 0 Å². The zero-order valence-electron chi connectivity index (χ0n) is 10.4. The predicted molar refractivity (Wildman–Crippen MR) is 71.5 cm³/mol. The molecule has 0 aliphatic carbocycles. The van der Waals surface area contributed by atoms with Crippen molar-refractivity contribution in [2.45, 2.75) is 0 Å². The van der Waals surface area contributed by atoms with E-state index in [0.717, 1.165) is 12.1 Å². The van der Waals surface area contributed by atoms with Crippen LogP contribution in [0.15, 0.2) is 36.5 Å². The minimum absolute atomic E-state index is 0.00514. The fourth-order valence-electron chi connectivity index (χ4n) is 1.80. The van der Waals surface area contributed by atoms with E-state index in [2.05, 4.69) is 4.98 Å². The molecule has 1 aromatic carbocycles. The maximum Gasteiger partial charge on any atom is 0.285 e. The Kier molecular flexibility index (Phi) is 3.57. The quantitative estimate of drug-likeness (QED) is 0.669. The molecule has 0 spiro atoms. The number of carbonyl (C=O) groups excluding carboxylic acids is 1. The summed E-state index contributed by atoms with van der Waals surface area (Å²) in [6.07, 6.45) is 1.34. The number of hydrogen-bond acceptors (Lipinski definition) is 6. The highest BCUT2D eigenvalue weighted by Crippen LogP contribution is 2.33. The number of nitro groups is 2. The molecule has 0 aliphatic rings. The van der Waals surface area contributed by atoms with E-state index in [1.54, 1.807) is 0 Å². The van der Waals surface area contributed by atoms with Gasteiger partial charge in [-0.15, -0.1) is 0 Å². The lowest BCUT2D eigenvalue weighted by molar-refractivity contribution is -0.393. The van der Waals surface area contributed by atoms with Crippen LogP contribution in [0.3, 0.4) is 0 Å². The van der Waals surface area contributed by atoms with Crippen LogP contribution in [0.4, 0.5) is 11.4 Å². The van der Waals surface area contributed by atoms with Crippen molar-refractivity contribution in [3.63, 3.8) is 0 Å². The van der Waals surface area contributed by atoms with Gasteiger partial charge < -0.3 is 5.73 Å². The third kappa shape index (κ3) is 2.66. The molecule has 2 N–H and O–H groups in total. The van der Waals surface area contributed by atoms with Crippen molar-refractivity contribution in [1.82, 2.24) is 4.98 Å². The molecule has 0 atom stereocenters. The molecule has 2 rings (SSSR count). The Hall–Kier alpha value is -3.36. The number of carbonyl (C=O) groups is 1. The molecule has 0 unspecified atom stereocenters. The van der Waals surface area contributed by atoms with Crippen LogP contribution >= 0.6 is 0 Å². The van der Waals surface area contributed by atoms with Crippen LogP contribution < -0.4 is 5.73 Å². The number of nitro benzene ring substituents is 2. The second kappa shape index (κ2) is 5.33. The molecule has 2 aromatic rings. The molecular weight excluding hydrogens is 280 g/mol. The lowest BCUT2D eigenvalue weighted by Gasteiger charge is -2.06. The number of pyridine rings is 1. The minimum Gasteiger partial charge on any atom is -0.366 e. The lowest BCUT2D eigenvalue weighted by atomic mass is 10.0. The Morgan fingerprint density at radius 3 is 2.43 bits per heavy atom. The smallest absolute Gasteiger partial charge is 0.285 e. The largest absolute Gasteiger partial charge is 0.366 e. The number of hydrogen-bond donors (Lipinski definition) is 1. The van der Waals surface area contributed by atoms with Crippen molar-refractivity contribution in [3.8, 4) is 11.3 Å². The summed E-state index contributed by atoms with van der Waals surface area (Å²) in [7, 11) is 0. The van der Waals surface area contributed by atoms with E-state index in [4.69, 9.17) is 5.73 Å². The summed E-state index contributed by atoms with van der Waals surface area (Å²) < 4.78 is 0. The monoisotopic (exact) mass is 288 g/mol. The van der Waals surface area contributed by atoms with Gasteiger partial charge in [0.05, 0.1) is 32.7 Å². The lowest BCUT2D eigenvalue weighted by Crippen LogP contribution is -2.13. The molecule has 1 amide bonds. The zero-order valence-corrected chi connectivity index (χ0v) is 10.4. The van der Waals surface area contributed by atoms with Gasteiger partial charge >= 0.3 is 0 Å². The highest BCUT2D eigenvalue weighted by molar-refractivity contribution is 5.99. The van der Waals surface area contributed by atoms with Crippen molar-refractivity contribution in [1.29, 1.82) is 0 Å². The van der Waals surface area contributed by atoms with Gasteiger partial charge in [-0.1, -0.05) is 0 Å². The Balaban J connectivity index is 2.72. The van der Waals surface area contributed by atoms with Gasteiger partial charge in [0.2, 0.25) is 0 Å². The molecule has 0 saturated heterocycles. The zero-order chi connectivity index (χ0) is 15.6. The predicted octanol–water partition coefficient (Wildman–Crippen LogP) is 1.66. The number of amides is 1. The maximum absolute atomic E-state index is 11.4. The summed E-state index contributed by atoms with van der Waals surface area (Å²) in [4.78, 5) is 35.5. The van der Waals surface area contributed by atoms with Gasteiger partial charge in [-0.3, -0.25) is 30.0 Å². The Morgan fingerprint density at radius 1 is 1.14 bits per heavy atom. The molecule has 106 valence electrons. The van der Waals surface area contributed by atoms with Crippen LogP contribution in [0.5, 0.6) is 0 Å². The van der Waals surface area contributed by atoms with Crippen LogP contribution in [0.2, 0.25) is 0 Å². The molecule has 0 radical (unpaired) electrons. The van der Waals surface area contributed by atoms with Crippen LogP contribution in [0.1, 0.15) is 10.4 Å². The van der Waals surface area contributed by atoms with Crippen molar-refractivity contribution >= 4 is 17.3 Å². The second-order valence-corrected chi connectivity index (χ2v) is 3.98. The van der Waals surface area contributed by atoms with Gasteiger partial charge in [0.25, 0.3) is 17.3 Å².